The van der Waals surface area contributed by atoms with E-state index in [0.29, 0.717) is 12.0 Å². The first-order valence-corrected chi connectivity index (χ1v) is 27.8. The number of ketones is 3. The minimum atomic E-state index is -1.73. The number of hydrogen-bond acceptors (Lipinski definition) is 19. The molecule has 81 heavy (non-hydrogen) atoms. The van der Waals surface area contributed by atoms with Crippen LogP contribution in [0.3, 0.4) is 0 Å². The minimum absolute atomic E-state index is 0.105. The molecule has 8 amide bonds. The Balaban J connectivity index is 2.63. The predicted molar refractivity (Wildman–Crippen MR) is 294 cm³/mol. The second-order valence-corrected chi connectivity index (χ2v) is 20.6. The van der Waals surface area contributed by atoms with Gasteiger partial charge in [-0.2, -0.15) is 0 Å². The number of hydrogen-bond donors (Lipinski definition) is 16. The molecule has 0 bridgehead atoms. The molecule has 0 radical (unpaired) electrons. The third-order valence-corrected chi connectivity index (χ3v) is 13.8. The Bertz CT molecular complexity index is 2220. The standard InChI is InChI=1S/C54H89N11O16/c1-5-6-7-8-12-15-37(71)25-35(28-66)49(76)63-44(30(2)68)43(73)27-36(29-67)48(75)60-41-19-23-58-53(80)45(31(3)69)65-52(79)40(18-22-57)61-50(77)39(17-21-56)62-54(81)46(32(4)70)64-47(74)34(24-33-13-10-9-11-14-33)26-42(72)38(16-20-55)59-51(41)78/h9-11,13-14,30-32,34-36,38-41,44-46,66-70H,5-8,12,15-29,55-57H2,1-4H3,(H,58,80)(H,59,78)(H,60,75)(H,61,77)(H,62,81)(H,63,76)(H,64,74)(H,65,79)/t30-,31-,32-,34+,35+,36-,38+,39+,40+,41+,44+,45+,46+/m1/s1. The molecule has 2 rings (SSSR count). The van der Waals surface area contributed by atoms with Crippen LogP contribution < -0.4 is 59.7 Å². The number of aliphatic hydroxyl groups is 5. The molecule has 27 nitrogen and oxygen atoms in total. The third-order valence-electron chi connectivity index (χ3n) is 13.8. The maximum absolute atomic E-state index is 14.4. The monoisotopic (exact) mass is 1150 g/mol. The number of Topliss-reactive ketones (excluding diaryl/α,β-unsaturated/α-hetero) is 3. The number of aliphatic hydroxyl groups excluding tert-OH is 5. The van der Waals surface area contributed by atoms with Crippen LogP contribution in [0, 0.1) is 17.8 Å². The molecule has 27 heteroatoms. The zero-order valence-corrected chi connectivity index (χ0v) is 47.0. The van der Waals surface area contributed by atoms with Crippen molar-refractivity contribution in [2.75, 3.05) is 39.4 Å². The summed E-state index contributed by atoms with van der Waals surface area (Å²) in [4.78, 5) is 152. The highest BCUT2D eigenvalue weighted by Crippen LogP contribution is 2.18. The maximum Gasteiger partial charge on any atom is 0.245 e. The Labute approximate surface area is 472 Å². The molecule has 1 aliphatic heterocycles. The van der Waals surface area contributed by atoms with E-state index in [2.05, 4.69) is 42.5 Å². The fraction of sp³-hybridized carbons (Fsp3) is 0.685. The summed E-state index contributed by atoms with van der Waals surface area (Å²) >= 11 is 0. The van der Waals surface area contributed by atoms with Gasteiger partial charge >= 0.3 is 0 Å². The van der Waals surface area contributed by atoms with Crippen LogP contribution in [0.4, 0.5) is 0 Å². The van der Waals surface area contributed by atoms with Crippen LogP contribution in [0.5, 0.6) is 0 Å². The van der Waals surface area contributed by atoms with Crippen molar-refractivity contribution in [1.29, 1.82) is 0 Å². The van der Waals surface area contributed by atoms with E-state index in [1.165, 1.54) is 20.8 Å². The van der Waals surface area contributed by atoms with E-state index in [9.17, 15) is 78.3 Å². The van der Waals surface area contributed by atoms with E-state index in [-0.39, 0.29) is 63.9 Å². The van der Waals surface area contributed by atoms with E-state index >= 15 is 0 Å². The highest BCUT2D eigenvalue weighted by atomic mass is 16.3. The highest BCUT2D eigenvalue weighted by molar-refractivity contribution is 5.99. The van der Waals surface area contributed by atoms with Crippen molar-refractivity contribution in [3.63, 3.8) is 0 Å². The fourth-order valence-corrected chi connectivity index (χ4v) is 8.94. The smallest absolute Gasteiger partial charge is 0.245 e. The lowest BCUT2D eigenvalue weighted by Gasteiger charge is -2.28. The Hall–Kier alpha value is -6.33. The summed E-state index contributed by atoms with van der Waals surface area (Å²) in [7, 11) is 0. The number of benzene rings is 1. The average molecular weight is 1150 g/mol. The van der Waals surface area contributed by atoms with Gasteiger partial charge < -0.3 is 85.3 Å². The minimum Gasteiger partial charge on any atom is -0.396 e. The molecule has 19 N–H and O–H groups in total. The normalized spacial score (nSPS) is 23.6. The van der Waals surface area contributed by atoms with Gasteiger partial charge in [0.2, 0.25) is 47.3 Å². The van der Waals surface area contributed by atoms with E-state index in [1.807, 2.05) is 6.92 Å². The topological polar surface area (TPSA) is 463 Å². The molecular formula is C54H89N11O16. The van der Waals surface area contributed by atoms with Gasteiger partial charge in [0.15, 0.2) is 11.6 Å². The lowest BCUT2D eigenvalue weighted by molar-refractivity contribution is -0.138. The Morgan fingerprint density at radius 2 is 1.15 bits per heavy atom. The van der Waals surface area contributed by atoms with Crippen molar-refractivity contribution in [2.24, 2.45) is 35.0 Å². The zero-order chi connectivity index (χ0) is 60.8. The Morgan fingerprint density at radius 3 is 1.70 bits per heavy atom. The summed E-state index contributed by atoms with van der Waals surface area (Å²) < 4.78 is 0. The molecule has 0 aliphatic carbocycles. The van der Waals surface area contributed by atoms with E-state index in [1.54, 1.807) is 30.3 Å². The third kappa shape index (κ3) is 24.7. The van der Waals surface area contributed by atoms with Crippen molar-refractivity contribution in [3.05, 3.63) is 35.9 Å². The molecule has 1 fully saturated rings. The number of unbranched alkanes of at least 4 members (excludes halogenated alkanes) is 4. The fourth-order valence-electron chi connectivity index (χ4n) is 8.94. The lowest BCUT2D eigenvalue weighted by atomic mass is 9.90. The maximum atomic E-state index is 14.4. The Kier molecular flexibility index (Phi) is 32.9. The van der Waals surface area contributed by atoms with Gasteiger partial charge in [0.05, 0.1) is 49.4 Å². The summed E-state index contributed by atoms with van der Waals surface area (Å²) in [5.74, 6) is -14.2. The van der Waals surface area contributed by atoms with Crippen molar-refractivity contribution in [1.82, 2.24) is 42.5 Å². The van der Waals surface area contributed by atoms with Crippen LogP contribution in [0.15, 0.2) is 30.3 Å². The predicted octanol–water partition coefficient (Wildman–Crippen LogP) is -4.60. The molecular weight excluding hydrogens is 1060 g/mol. The summed E-state index contributed by atoms with van der Waals surface area (Å²) in [6, 6.07) is -2.81. The number of rotatable bonds is 28. The molecule has 1 aliphatic rings. The zero-order valence-electron chi connectivity index (χ0n) is 47.0. The Morgan fingerprint density at radius 1 is 0.630 bits per heavy atom. The first kappa shape index (κ1) is 70.8. The lowest BCUT2D eigenvalue weighted by Crippen LogP contribution is -2.61. The molecule has 1 saturated heterocycles. The van der Waals surface area contributed by atoms with Gasteiger partial charge in [-0.05, 0) is 84.5 Å². The van der Waals surface area contributed by atoms with Gasteiger partial charge in [0, 0.05) is 38.1 Å². The average Bonchev–Trinajstić information content (AvgIpc) is 3.42. The molecule has 13 atom stereocenters. The summed E-state index contributed by atoms with van der Waals surface area (Å²) in [5, 5.41) is 72.1. The van der Waals surface area contributed by atoms with Gasteiger partial charge in [-0.15, -0.1) is 0 Å². The van der Waals surface area contributed by atoms with Crippen LogP contribution in [-0.2, 0) is 59.2 Å². The van der Waals surface area contributed by atoms with Gasteiger partial charge in [0.25, 0.3) is 0 Å². The molecule has 1 heterocycles. The summed E-state index contributed by atoms with van der Waals surface area (Å²) in [6.07, 6.45) is -3.28. The molecule has 0 spiro atoms. The van der Waals surface area contributed by atoms with Crippen molar-refractivity contribution in [3.8, 4) is 0 Å². The summed E-state index contributed by atoms with van der Waals surface area (Å²) in [5.41, 5.74) is 18.1. The molecule has 0 saturated carbocycles. The number of nitrogens with one attached hydrogen (secondary N) is 8. The molecule has 1 aromatic carbocycles. The number of carbonyl (C=O) groups is 11. The van der Waals surface area contributed by atoms with Crippen LogP contribution in [0.25, 0.3) is 0 Å². The molecule has 456 valence electrons. The van der Waals surface area contributed by atoms with Crippen molar-refractivity contribution in [2.45, 2.75) is 178 Å². The molecule has 0 aromatic heterocycles. The van der Waals surface area contributed by atoms with Gasteiger partial charge in [0.1, 0.15) is 42.0 Å². The van der Waals surface area contributed by atoms with Crippen LogP contribution in [0.1, 0.15) is 117 Å². The first-order chi connectivity index (χ1) is 38.5. The van der Waals surface area contributed by atoms with Crippen LogP contribution in [0.2, 0.25) is 0 Å². The van der Waals surface area contributed by atoms with E-state index in [4.69, 9.17) is 17.2 Å². The second kappa shape index (κ2) is 37.6. The molecule has 0 unspecified atom stereocenters. The number of carbonyl (C=O) groups excluding carboxylic acids is 11. The summed E-state index contributed by atoms with van der Waals surface area (Å²) in [6.45, 7) is 2.74. The van der Waals surface area contributed by atoms with Crippen molar-refractivity contribution >= 4 is 64.6 Å². The van der Waals surface area contributed by atoms with Gasteiger partial charge in [-0.3, -0.25) is 52.7 Å². The van der Waals surface area contributed by atoms with Gasteiger partial charge in [-0.25, -0.2) is 0 Å². The van der Waals surface area contributed by atoms with E-state index in [0.717, 1.165) is 25.7 Å². The van der Waals surface area contributed by atoms with E-state index < -0.39 is 176 Å². The number of amides is 8. The number of nitrogens with two attached hydrogens (primary N) is 3. The molecule has 1 aromatic rings. The van der Waals surface area contributed by atoms with Crippen molar-refractivity contribution < 1.29 is 78.3 Å². The largest absolute Gasteiger partial charge is 0.396 e. The first-order valence-electron chi connectivity index (χ1n) is 27.8. The SMILES string of the molecule is CCCCCCCC(=O)C[C@@H](CO)C(=O)N[C@H](C(=O)C[C@H](CO)C(=O)N[C@H]1CCNC(=O)[C@H]([C@@H](C)O)NC(=O)[C@H](CCN)NC(=O)[C@H](CCN)NC(=O)[C@H]([C@@H](C)O)NC(=O)[C@@H](Cc2ccccc2)CC(=O)[C@H](CCN)NC1=O)[C@@H](C)O. The van der Waals surface area contributed by atoms with Gasteiger partial charge in [-0.1, -0.05) is 62.9 Å². The quantitative estimate of drug-likeness (QED) is 0.0351. The highest BCUT2D eigenvalue weighted by Gasteiger charge is 2.38. The second-order valence-electron chi connectivity index (χ2n) is 20.6. The van der Waals surface area contributed by atoms with Crippen LogP contribution >= 0.6 is 0 Å². The van der Waals surface area contributed by atoms with Crippen LogP contribution in [-0.4, -0.2) is 190 Å².